The molecule has 0 aromatic carbocycles. The van der Waals surface area contributed by atoms with Gasteiger partial charge in [-0.05, 0) is 32.1 Å². The Morgan fingerprint density at radius 3 is 2.60 bits per heavy atom. The van der Waals surface area contributed by atoms with E-state index in [1.54, 1.807) is 0 Å². The van der Waals surface area contributed by atoms with E-state index >= 15 is 0 Å². The molecule has 0 aromatic rings. The third-order valence-corrected chi connectivity index (χ3v) is 5.65. The third-order valence-electron chi connectivity index (χ3n) is 5.65. The van der Waals surface area contributed by atoms with E-state index in [-0.39, 0.29) is 6.03 Å². The summed E-state index contributed by atoms with van der Waals surface area (Å²) in [5.74, 6) is 0.294. The molecule has 2 atom stereocenters. The number of rotatable bonds is 1. The number of urea groups is 1. The van der Waals surface area contributed by atoms with Gasteiger partial charge in [0, 0.05) is 25.0 Å². The minimum Gasteiger partial charge on any atom is -0.389 e. The van der Waals surface area contributed by atoms with Gasteiger partial charge in [0.05, 0.1) is 5.60 Å². The zero-order chi connectivity index (χ0) is 14.0. The lowest BCUT2D eigenvalue weighted by Gasteiger charge is -2.47. The summed E-state index contributed by atoms with van der Waals surface area (Å²) in [5.41, 5.74) is -0.486. The summed E-state index contributed by atoms with van der Waals surface area (Å²) in [6, 6.07) is 0.480. The average Bonchev–Trinajstić information content (AvgIpc) is 2.47. The number of fused-ring (bicyclic) bond motifs is 1. The van der Waals surface area contributed by atoms with Crippen molar-refractivity contribution in [2.24, 2.45) is 5.92 Å². The van der Waals surface area contributed by atoms with E-state index in [0.717, 1.165) is 45.1 Å². The molecule has 2 N–H and O–H groups in total. The second kappa shape index (κ2) is 5.92. The molecule has 2 saturated carbocycles. The summed E-state index contributed by atoms with van der Waals surface area (Å²) in [5, 5.41) is 13.9. The first-order valence-corrected chi connectivity index (χ1v) is 8.45. The van der Waals surface area contributed by atoms with Crippen molar-refractivity contribution in [3.8, 4) is 0 Å². The number of amides is 2. The van der Waals surface area contributed by atoms with Crippen molar-refractivity contribution in [2.75, 3.05) is 13.1 Å². The maximum absolute atomic E-state index is 12.4. The smallest absolute Gasteiger partial charge is 0.317 e. The molecule has 0 radical (unpaired) electrons. The van der Waals surface area contributed by atoms with E-state index in [0.29, 0.717) is 18.5 Å². The predicted octanol–water partition coefficient (Wildman–Crippen LogP) is 2.66. The van der Waals surface area contributed by atoms with Crippen LogP contribution in [0.25, 0.3) is 0 Å². The molecule has 0 aromatic heterocycles. The molecule has 4 nitrogen and oxygen atoms in total. The van der Waals surface area contributed by atoms with E-state index in [9.17, 15) is 9.90 Å². The first-order chi connectivity index (χ1) is 9.67. The third kappa shape index (κ3) is 2.95. The quantitative estimate of drug-likeness (QED) is 0.776. The van der Waals surface area contributed by atoms with Crippen molar-refractivity contribution in [3.05, 3.63) is 0 Å². The van der Waals surface area contributed by atoms with E-state index < -0.39 is 5.60 Å². The highest BCUT2D eigenvalue weighted by Gasteiger charge is 2.43. The van der Waals surface area contributed by atoms with Crippen molar-refractivity contribution in [1.82, 2.24) is 10.2 Å². The molecule has 1 aliphatic heterocycles. The molecule has 1 heterocycles. The van der Waals surface area contributed by atoms with Gasteiger partial charge in [-0.15, -0.1) is 0 Å². The van der Waals surface area contributed by atoms with Crippen LogP contribution in [0.15, 0.2) is 0 Å². The molecular formula is C16H28N2O2. The highest BCUT2D eigenvalue weighted by molar-refractivity contribution is 5.74. The summed E-state index contributed by atoms with van der Waals surface area (Å²) >= 11 is 0. The van der Waals surface area contributed by atoms with Crippen LogP contribution in [0, 0.1) is 5.92 Å². The molecule has 20 heavy (non-hydrogen) atoms. The molecule has 1 saturated heterocycles. The number of hydrogen-bond donors (Lipinski definition) is 2. The Kier molecular flexibility index (Phi) is 4.20. The Balaban J connectivity index is 1.54. The van der Waals surface area contributed by atoms with Crippen molar-refractivity contribution in [2.45, 2.75) is 75.9 Å². The number of carbonyl (C=O) groups is 1. The van der Waals surface area contributed by atoms with Gasteiger partial charge in [-0.2, -0.15) is 0 Å². The molecule has 114 valence electrons. The molecule has 3 fully saturated rings. The Labute approximate surface area is 121 Å². The Hall–Kier alpha value is -0.770. The summed E-state index contributed by atoms with van der Waals surface area (Å²) in [4.78, 5) is 14.3. The van der Waals surface area contributed by atoms with E-state index in [1.807, 2.05) is 4.90 Å². The molecule has 3 aliphatic rings. The standard InChI is InChI=1S/C16H28N2O2/c19-15(17-14-7-2-1-3-8-14)18-11-10-16(20)9-5-4-6-13(16)12-18/h13-14,20H,1-12H2,(H,17,19). The van der Waals surface area contributed by atoms with Crippen LogP contribution in [0.4, 0.5) is 4.79 Å². The molecular weight excluding hydrogens is 252 g/mol. The lowest BCUT2D eigenvalue weighted by Crippen LogP contribution is -2.57. The fourth-order valence-corrected chi connectivity index (χ4v) is 4.27. The van der Waals surface area contributed by atoms with Gasteiger partial charge in [0.2, 0.25) is 0 Å². The highest BCUT2D eigenvalue weighted by atomic mass is 16.3. The Bertz CT molecular complexity index is 354. The van der Waals surface area contributed by atoms with Crippen LogP contribution in [-0.2, 0) is 0 Å². The number of piperidine rings is 1. The molecule has 2 aliphatic carbocycles. The lowest BCUT2D eigenvalue weighted by atomic mass is 9.71. The van der Waals surface area contributed by atoms with Gasteiger partial charge < -0.3 is 15.3 Å². The number of likely N-dealkylation sites (tertiary alicyclic amines) is 1. The summed E-state index contributed by atoms with van der Waals surface area (Å²) in [7, 11) is 0. The van der Waals surface area contributed by atoms with Gasteiger partial charge in [-0.1, -0.05) is 32.1 Å². The highest BCUT2D eigenvalue weighted by Crippen LogP contribution is 2.39. The summed E-state index contributed by atoms with van der Waals surface area (Å²) in [6.07, 6.45) is 11.2. The summed E-state index contributed by atoms with van der Waals surface area (Å²) in [6.45, 7) is 1.46. The lowest BCUT2D eigenvalue weighted by molar-refractivity contribution is -0.0872. The molecule has 0 bridgehead atoms. The van der Waals surface area contributed by atoms with Crippen molar-refractivity contribution < 1.29 is 9.90 Å². The average molecular weight is 280 g/mol. The normalized spacial score (nSPS) is 35.5. The number of nitrogens with zero attached hydrogens (tertiary/aromatic N) is 1. The fraction of sp³-hybridized carbons (Fsp3) is 0.938. The van der Waals surface area contributed by atoms with Crippen LogP contribution in [0.3, 0.4) is 0 Å². The first kappa shape index (κ1) is 14.2. The van der Waals surface area contributed by atoms with Gasteiger partial charge in [-0.3, -0.25) is 0 Å². The molecule has 4 heteroatoms. The number of hydrogen-bond acceptors (Lipinski definition) is 2. The minimum atomic E-state index is -0.486. The van der Waals surface area contributed by atoms with E-state index in [4.69, 9.17) is 0 Å². The number of nitrogens with one attached hydrogen (secondary N) is 1. The maximum atomic E-state index is 12.4. The van der Waals surface area contributed by atoms with Gasteiger partial charge in [0.25, 0.3) is 0 Å². The number of aliphatic hydroxyl groups is 1. The monoisotopic (exact) mass is 280 g/mol. The topological polar surface area (TPSA) is 52.6 Å². The summed E-state index contributed by atoms with van der Waals surface area (Å²) < 4.78 is 0. The van der Waals surface area contributed by atoms with Crippen molar-refractivity contribution in [1.29, 1.82) is 0 Å². The van der Waals surface area contributed by atoms with Gasteiger partial charge in [0.1, 0.15) is 0 Å². The van der Waals surface area contributed by atoms with Crippen LogP contribution in [0.1, 0.15) is 64.2 Å². The largest absolute Gasteiger partial charge is 0.389 e. The number of carbonyl (C=O) groups excluding carboxylic acids is 1. The molecule has 2 amide bonds. The van der Waals surface area contributed by atoms with Crippen molar-refractivity contribution >= 4 is 6.03 Å². The zero-order valence-electron chi connectivity index (χ0n) is 12.4. The SMILES string of the molecule is O=C(NC1CCCCC1)N1CCC2(O)CCCCC2C1. The fourth-order valence-electron chi connectivity index (χ4n) is 4.27. The van der Waals surface area contributed by atoms with Crippen LogP contribution in [0.5, 0.6) is 0 Å². The molecule has 2 unspecified atom stereocenters. The van der Waals surface area contributed by atoms with Crippen LogP contribution in [-0.4, -0.2) is 40.8 Å². The molecule has 3 rings (SSSR count). The van der Waals surface area contributed by atoms with Gasteiger partial charge >= 0.3 is 6.03 Å². The van der Waals surface area contributed by atoms with E-state index in [2.05, 4.69) is 5.32 Å². The minimum absolute atomic E-state index is 0.101. The second-order valence-corrected chi connectivity index (χ2v) is 7.03. The Morgan fingerprint density at radius 2 is 1.80 bits per heavy atom. The maximum Gasteiger partial charge on any atom is 0.317 e. The zero-order valence-corrected chi connectivity index (χ0v) is 12.4. The second-order valence-electron chi connectivity index (χ2n) is 7.03. The van der Waals surface area contributed by atoms with Crippen LogP contribution < -0.4 is 5.32 Å². The Morgan fingerprint density at radius 1 is 1.05 bits per heavy atom. The van der Waals surface area contributed by atoms with Gasteiger partial charge in [-0.25, -0.2) is 4.79 Å². The first-order valence-electron chi connectivity index (χ1n) is 8.45. The van der Waals surface area contributed by atoms with Gasteiger partial charge in [0.15, 0.2) is 0 Å². The molecule has 0 spiro atoms. The predicted molar refractivity (Wildman–Crippen MR) is 78.5 cm³/mol. The van der Waals surface area contributed by atoms with Crippen LogP contribution in [0.2, 0.25) is 0 Å². The van der Waals surface area contributed by atoms with Crippen molar-refractivity contribution in [3.63, 3.8) is 0 Å². The van der Waals surface area contributed by atoms with E-state index in [1.165, 1.54) is 25.7 Å². The van der Waals surface area contributed by atoms with Crippen LogP contribution >= 0.6 is 0 Å².